The summed E-state index contributed by atoms with van der Waals surface area (Å²) in [4.78, 5) is 38.6. The number of carbonyl (C=O) groups excluding carboxylic acids is 2. The van der Waals surface area contributed by atoms with Crippen molar-refractivity contribution in [1.82, 2.24) is 15.8 Å². The number of nitrogens with one attached hydrogen (secondary N) is 3. The van der Waals surface area contributed by atoms with Crippen molar-refractivity contribution in [3.05, 3.63) is 36.5 Å². The second-order valence-electron chi connectivity index (χ2n) is 6.04. The van der Waals surface area contributed by atoms with E-state index in [0.717, 1.165) is 10.9 Å². The van der Waals surface area contributed by atoms with Crippen LogP contribution in [0, 0.1) is 0 Å². The Labute approximate surface area is 155 Å². The van der Waals surface area contributed by atoms with Crippen LogP contribution in [0.1, 0.15) is 32.1 Å². The second-order valence-corrected chi connectivity index (χ2v) is 6.04. The standard InChI is InChI=1S/C18H22N4O5/c23-16(22-27)7-3-1-2-6-15(21-18(25)26)17(24)20-13-8-9-14-12(11-13)5-4-10-19-14/h4-5,8-11,15,21,27H,1-3,6-7H2,(H,20,24)(H,22,23)(H,25,26)/t15-/m0/s1. The maximum Gasteiger partial charge on any atom is 0.405 e. The first-order valence-corrected chi connectivity index (χ1v) is 8.57. The fraction of sp³-hybridized carbons (Fsp3) is 0.333. The fourth-order valence-corrected chi connectivity index (χ4v) is 2.67. The van der Waals surface area contributed by atoms with Crippen LogP contribution in [-0.2, 0) is 9.59 Å². The lowest BCUT2D eigenvalue weighted by Gasteiger charge is -2.17. The summed E-state index contributed by atoms with van der Waals surface area (Å²) in [5, 5.41) is 23.2. The number of carbonyl (C=O) groups is 3. The first-order valence-electron chi connectivity index (χ1n) is 8.57. The summed E-state index contributed by atoms with van der Waals surface area (Å²) in [6.45, 7) is 0. The van der Waals surface area contributed by atoms with Crippen LogP contribution in [0.4, 0.5) is 10.5 Å². The number of rotatable bonds is 9. The minimum absolute atomic E-state index is 0.171. The maximum absolute atomic E-state index is 12.5. The highest BCUT2D eigenvalue weighted by atomic mass is 16.5. The molecule has 0 aliphatic carbocycles. The lowest BCUT2D eigenvalue weighted by atomic mass is 10.1. The Hall–Kier alpha value is -3.20. The number of nitrogens with zero attached hydrogens (tertiary/aromatic N) is 1. The smallest absolute Gasteiger partial charge is 0.405 e. The van der Waals surface area contributed by atoms with Crippen LogP contribution in [0.2, 0.25) is 0 Å². The predicted molar refractivity (Wildman–Crippen MR) is 98.3 cm³/mol. The number of hydrogen-bond donors (Lipinski definition) is 5. The third-order valence-electron chi connectivity index (χ3n) is 4.01. The zero-order valence-corrected chi connectivity index (χ0v) is 14.6. The predicted octanol–water partition coefficient (Wildman–Crippen LogP) is 2.27. The SMILES string of the molecule is O=C(O)N[C@@H](CCCCCC(=O)NO)C(=O)Nc1ccc2ncccc2c1. The van der Waals surface area contributed by atoms with Gasteiger partial charge < -0.3 is 15.7 Å². The molecule has 0 aliphatic heterocycles. The zero-order chi connectivity index (χ0) is 19.6. The van der Waals surface area contributed by atoms with Gasteiger partial charge in [0.15, 0.2) is 0 Å². The van der Waals surface area contributed by atoms with E-state index in [0.29, 0.717) is 31.4 Å². The second kappa shape index (κ2) is 10.1. The van der Waals surface area contributed by atoms with Gasteiger partial charge in [0.05, 0.1) is 5.52 Å². The van der Waals surface area contributed by atoms with Crippen molar-refractivity contribution in [1.29, 1.82) is 0 Å². The topological polar surface area (TPSA) is 141 Å². The first-order chi connectivity index (χ1) is 13.0. The number of amides is 3. The number of aromatic nitrogens is 1. The summed E-state index contributed by atoms with van der Waals surface area (Å²) in [6, 6.07) is 8.01. The van der Waals surface area contributed by atoms with Gasteiger partial charge in [-0.15, -0.1) is 0 Å². The van der Waals surface area contributed by atoms with Gasteiger partial charge in [0.1, 0.15) is 6.04 Å². The van der Waals surface area contributed by atoms with Crippen molar-refractivity contribution in [3.8, 4) is 0 Å². The van der Waals surface area contributed by atoms with Crippen molar-refractivity contribution in [2.45, 2.75) is 38.1 Å². The molecule has 144 valence electrons. The fourth-order valence-electron chi connectivity index (χ4n) is 2.67. The highest BCUT2D eigenvalue weighted by molar-refractivity contribution is 5.98. The number of fused-ring (bicyclic) bond motifs is 1. The van der Waals surface area contributed by atoms with E-state index in [1.165, 1.54) is 0 Å². The Kier molecular flexibility index (Phi) is 7.50. The van der Waals surface area contributed by atoms with Crippen LogP contribution in [-0.4, -0.2) is 39.2 Å². The van der Waals surface area contributed by atoms with Crippen LogP contribution >= 0.6 is 0 Å². The van der Waals surface area contributed by atoms with Crippen LogP contribution in [0.15, 0.2) is 36.5 Å². The van der Waals surface area contributed by atoms with E-state index >= 15 is 0 Å². The van der Waals surface area contributed by atoms with Crippen molar-refractivity contribution < 1.29 is 24.7 Å². The minimum Gasteiger partial charge on any atom is -0.465 e. The summed E-state index contributed by atoms with van der Waals surface area (Å²) in [7, 11) is 0. The number of pyridine rings is 1. The van der Waals surface area contributed by atoms with Gasteiger partial charge in [0.2, 0.25) is 11.8 Å². The summed E-state index contributed by atoms with van der Waals surface area (Å²) in [6.07, 6.45) is 2.58. The van der Waals surface area contributed by atoms with Gasteiger partial charge in [-0.3, -0.25) is 19.8 Å². The largest absolute Gasteiger partial charge is 0.465 e. The lowest BCUT2D eigenvalue weighted by Crippen LogP contribution is -2.43. The van der Waals surface area contributed by atoms with Crippen LogP contribution in [0.25, 0.3) is 10.9 Å². The average molecular weight is 374 g/mol. The number of benzene rings is 1. The molecule has 2 aromatic rings. The molecule has 3 amide bonds. The van der Waals surface area contributed by atoms with E-state index in [2.05, 4.69) is 15.6 Å². The van der Waals surface area contributed by atoms with Crippen LogP contribution in [0.3, 0.4) is 0 Å². The Morgan fingerprint density at radius 2 is 1.93 bits per heavy atom. The molecule has 0 saturated heterocycles. The molecule has 0 saturated carbocycles. The van der Waals surface area contributed by atoms with Crippen molar-refractivity contribution in [2.75, 3.05) is 5.32 Å². The normalized spacial score (nSPS) is 11.6. The summed E-state index contributed by atoms with van der Waals surface area (Å²) in [5.74, 6) is -0.924. The van der Waals surface area contributed by atoms with E-state index in [9.17, 15) is 14.4 Å². The van der Waals surface area contributed by atoms with Gasteiger partial charge in [-0.05, 0) is 37.1 Å². The van der Waals surface area contributed by atoms with Gasteiger partial charge in [0.25, 0.3) is 0 Å². The molecule has 1 heterocycles. The Bertz CT molecular complexity index is 811. The molecule has 27 heavy (non-hydrogen) atoms. The molecular formula is C18H22N4O5. The summed E-state index contributed by atoms with van der Waals surface area (Å²) < 4.78 is 0. The van der Waals surface area contributed by atoms with Crippen molar-refractivity contribution in [3.63, 3.8) is 0 Å². The quantitative estimate of drug-likeness (QED) is 0.259. The van der Waals surface area contributed by atoms with Crippen molar-refractivity contribution >= 4 is 34.5 Å². The highest BCUT2D eigenvalue weighted by Crippen LogP contribution is 2.17. The van der Waals surface area contributed by atoms with Gasteiger partial charge >= 0.3 is 6.09 Å². The molecule has 9 nitrogen and oxygen atoms in total. The number of carboxylic acid groups (broad SMARTS) is 1. The molecule has 1 aromatic heterocycles. The number of hydroxylamine groups is 1. The van der Waals surface area contributed by atoms with E-state index in [4.69, 9.17) is 10.3 Å². The maximum atomic E-state index is 12.5. The van der Waals surface area contributed by atoms with Gasteiger partial charge in [-0.25, -0.2) is 10.3 Å². The molecule has 1 atom stereocenters. The van der Waals surface area contributed by atoms with E-state index in [-0.39, 0.29) is 6.42 Å². The van der Waals surface area contributed by atoms with Crippen LogP contribution < -0.4 is 16.1 Å². The molecule has 9 heteroatoms. The Morgan fingerprint density at radius 3 is 2.67 bits per heavy atom. The summed E-state index contributed by atoms with van der Waals surface area (Å²) in [5.41, 5.74) is 2.90. The molecule has 1 aromatic carbocycles. The third-order valence-corrected chi connectivity index (χ3v) is 4.01. The number of anilines is 1. The highest BCUT2D eigenvalue weighted by Gasteiger charge is 2.20. The van der Waals surface area contributed by atoms with E-state index in [1.54, 1.807) is 35.9 Å². The van der Waals surface area contributed by atoms with Crippen LogP contribution in [0.5, 0.6) is 0 Å². The Balaban J connectivity index is 1.92. The first kappa shape index (κ1) is 20.1. The van der Waals surface area contributed by atoms with E-state index in [1.807, 2.05) is 6.07 Å². The number of hydrogen-bond acceptors (Lipinski definition) is 5. The molecule has 2 rings (SSSR count). The summed E-state index contributed by atoms with van der Waals surface area (Å²) >= 11 is 0. The zero-order valence-electron chi connectivity index (χ0n) is 14.6. The lowest BCUT2D eigenvalue weighted by molar-refractivity contribution is -0.129. The monoisotopic (exact) mass is 374 g/mol. The molecule has 0 aliphatic rings. The molecule has 0 bridgehead atoms. The number of unbranched alkanes of at least 4 members (excludes halogenated alkanes) is 2. The molecule has 0 radical (unpaired) electrons. The third kappa shape index (κ3) is 6.55. The molecule has 5 N–H and O–H groups in total. The Morgan fingerprint density at radius 1 is 1.11 bits per heavy atom. The average Bonchev–Trinajstić information content (AvgIpc) is 2.66. The van der Waals surface area contributed by atoms with Gasteiger partial charge in [0, 0.05) is 23.7 Å². The van der Waals surface area contributed by atoms with Gasteiger partial charge in [-0.1, -0.05) is 18.9 Å². The minimum atomic E-state index is -1.28. The van der Waals surface area contributed by atoms with E-state index < -0.39 is 23.9 Å². The molecular weight excluding hydrogens is 352 g/mol. The molecule has 0 spiro atoms. The van der Waals surface area contributed by atoms with Crippen molar-refractivity contribution in [2.24, 2.45) is 0 Å². The molecule has 0 unspecified atom stereocenters. The molecule has 0 fully saturated rings. The van der Waals surface area contributed by atoms with Gasteiger partial charge in [-0.2, -0.15) is 0 Å².